The number of amides is 1. The van der Waals surface area contributed by atoms with Gasteiger partial charge in [-0.15, -0.1) is 0 Å². The van der Waals surface area contributed by atoms with Crippen LogP contribution < -0.4 is 0 Å². The van der Waals surface area contributed by atoms with E-state index in [0.29, 0.717) is 29.8 Å². The van der Waals surface area contributed by atoms with E-state index < -0.39 is 67.7 Å². The van der Waals surface area contributed by atoms with Gasteiger partial charge in [-0.2, -0.15) is 26.3 Å². The summed E-state index contributed by atoms with van der Waals surface area (Å²) in [7, 11) is -4.53. The zero-order valence-electron chi connectivity index (χ0n) is 25.7. The number of pyridine rings is 1. The van der Waals surface area contributed by atoms with Crippen molar-refractivity contribution in [3.05, 3.63) is 131 Å². The summed E-state index contributed by atoms with van der Waals surface area (Å²) in [6.07, 6.45) is -10.1. The number of carbonyl (C=O) groups excluding carboxylic acids is 1. The molecular weight excluding hydrogens is 703 g/mol. The number of ether oxygens (including phenoxy) is 1. The molecule has 0 atom stereocenters. The second-order valence-corrected chi connectivity index (χ2v) is 13.9. The molecule has 266 valence electrons. The number of halogens is 9. The molecule has 50 heavy (non-hydrogen) atoms. The van der Waals surface area contributed by atoms with Crippen molar-refractivity contribution in [1.29, 1.82) is 0 Å². The van der Waals surface area contributed by atoms with E-state index in [9.17, 15) is 52.7 Å². The molecule has 1 aliphatic heterocycles. The molecule has 1 fully saturated rings. The van der Waals surface area contributed by atoms with Crippen molar-refractivity contribution in [2.45, 2.75) is 53.5 Å². The van der Waals surface area contributed by atoms with Gasteiger partial charge in [0.05, 0.1) is 17.9 Å². The highest BCUT2D eigenvalue weighted by Gasteiger charge is 2.73. The molecule has 0 saturated carbocycles. The third-order valence-corrected chi connectivity index (χ3v) is 11.3. The number of piperidine rings is 1. The van der Waals surface area contributed by atoms with Gasteiger partial charge in [0.15, 0.2) is 9.84 Å². The van der Waals surface area contributed by atoms with Crippen LogP contribution in [0.4, 0.5) is 39.5 Å². The van der Waals surface area contributed by atoms with Crippen molar-refractivity contribution >= 4 is 15.7 Å². The Morgan fingerprint density at radius 3 is 1.84 bits per heavy atom. The zero-order valence-corrected chi connectivity index (χ0v) is 26.6. The summed E-state index contributed by atoms with van der Waals surface area (Å²) in [5, 5.41) is 0. The first-order valence-electron chi connectivity index (χ1n) is 14.9. The molecule has 0 radical (unpaired) electrons. The average molecular weight is 731 g/mol. The first-order chi connectivity index (χ1) is 23.4. The Morgan fingerprint density at radius 1 is 0.780 bits per heavy atom. The predicted octanol–water partition coefficient (Wildman–Crippen LogP) is 7.57. The zero-order chi connectivity index (χ0) is 36.5. The molecule has 0 aliphatic carbocycles. The summed E-state index contributed by atoms with van der Waals surface area (Å²) in [5.41, 5.74) is -7.35. The van der Waals surface area contributed by atoms with E-state index in [4.69, 9.17) is 0 Å². The molecule has 3 aromatic carbocycles. The number of likely N-dealkylation sites (tertiary alicyclic amines) is 1. The molecule has 1 saturated heterocycles. The third kappa shape index (κ3) is 6.70. The fourth-order valence-electron chi connectivity index (χ4n) is 6.05. The molecule has 2 heterocycles. The van der Waals surface area contributed by atoms with Gasteiger partial charge < -0.3 is 9.64 Å². The lowest BCUT2D eigenvalue weighted by Gasteiger charge is -2.42. The number of hydrogen-bond acceptors (Lipinski definition) is 5. The van der Waals surface area contributed by atoms with Crippen LogP contribution in [0.1, 0.15) is 35.1 Å². The van der Waals surface area contributed by atoms with Crippen LogP contribution in [0.3, 0.4) is 0 Å². The van der Waals surface area contributed by atoms with Gasteiger partial charge in [-0.1, -0.05) is 30.3 Å². The van der Waals surface area contributed by atoms with Crippen LogP contribution in [0.5, 0.6) is 0 Å². The second kappa shape index (κ2) is 13.7. The number of carbonyl (C=O) groups is 1. The molecule has 0 bridgehead atoms. The Kier molecular flexibility index (Phi) is 10.1. The minimum atomic E-state index is -6.22. The molecular formula is C34H27F9N2O4S. The summed E-state index contributed by atoms with van der Waals surface area (Å²) < 4.78 is 160. The summed E-state index contributed by atoms with van der Waals surface area (Å²) in [5.74, 6) is -3.98. The first-order valence-corrected chi connectivity index (χ1v) is 16.4. The van der Waals surface area contributed by atoms with E-state index in [1.54, 1.807) is 12.1 Å². The van der Waals surface area contributed by atoms with Crippen molar-refractivity contribution in [3.8, 4) is 0 Å². The first kappa shape index (κ1) is 36.8. The maximum absolute atomic E-state index is 14.5. The van der Waals surface area contributed by atoms with E-state index in [1.165, 1.54) is 17.3 Å². The van der Waals surface area contributed by atoms with Gasteiger partial charge in [0.1, 0.15) is 22.2 Å². The minimum Gasteiger partial charge on any atom is -0.349 e. The molecule has 6 nitrogen and oxygen atoms in total. The van der Waals surface area contributed by atoms with E-state index in [-0.39, 0.29) is 48.7 Å². The lowest BCUT2D eigenvalue weighted by atomic mass is 9.85. The van der Waals surface area contributed by atoms with Crippen molar-refractivity contribution < 1.29 is 57.5 Å². The van der Waals surface area contributed by atoms with Crippen LogP contribution in [-0.2, 0) is 42.7 Å². The molecule has 5 rings (SSSR count). The average Bonchev–Trinajstić information content (AvgIpc) is 3.06. The standard InChI is InChI=1S/C34H27F9N2O4S/c35-25-8-10-26(11-9-25)50(47,48)31(14-18-45(19-15-31)30(46)20-22-12-16-44-17-13-22)23-4-6-24(7-5-23)32(33(38,39)40,34(41,42)43)49-21-27-28(36)2-1-3-29(27)37/h1-13,16-17H,14-15,18-21H2. The van der Waals surface area contributed by atoms with Gasteiger partial charge in [0.25, 0.3) is 5.60 Å². The molecule has 16 heteroatoms. The molecule has 0 unspecified atom stereocenters. The largest absolute Gasteiger partial charge is 0.430 e. The van der Waals surface area contributed by atoms with Crippen LogP contribution in [0.2, 0.25) is 0 Å². The number of rotatable bonds is 9. The lowest BCUT2D eigenvalue weighted by Crippen LogP contribution is -2.56. The maximum Gasteiger partial charge on any atom is 0.430 e. The van der Waals surface area contributed by atoms with Crippen molar-refractivity contribution in [3.63, 3.8) is 0 Å². The van der Waals surface area contributed by atoms with Gasteiger partial charge >= 0.3 is 12.4 Å². The summed E-state index contributed by atoms with van der Waals surface area (Å²) >= 11 is 0. The lowest BCUT2D eigenvalue weighted by molar-refractivity contribution is -0.392. The van der Waals surface area contributed by atoms with Crippen LogP contribution in [0, 0.1) is 17.5 Å². The topological polar surface area (TPSA) is 76.6 Å². The van der Waals surface area contributed by atoms with Crippen LogP contribution in [0.25, 0.3) is 0 Å². The molecule has 1 aromatic heterocycles. The number of nitrogens with zero attached hydrogens (tertiary/aromatic N) is 2. The maximum atomic E-state index is 14.5. The van der Waals surface area contributed by atoms with Crippen LogP contribution in [-0.4, -0.2) is 49.7 Å². The minimum absolute atomic E-state index is 0.0390. The smallest absolute Gasteiger partial charge is 0.349 e. The SMILES string of the molecule is O=C(Cc1ccncc1)N1CCC(c2ccc(C(OCc3c(F)cccc3F)(C(F)(F)F)C(F)(F)F)cc2)(S(=O)(=O)c2ccc(F)cc2)CC1. The fourth-order valence-corrected chi connectivity index (χ4v) is 8.16. The van der Waals surface area contributed by atoms with Crippen molar-refractivity contribution in [2.24, 2.45) is 0 Å². The van der Waals surface area contributed by atoms with E-state index in [0.717, 1.165) is 42.5 Å². The number of sulfone groups is 1. The van der Waals surface area contributed by atoms with Gasteiger partial charge in [-0.05, 0) is 72.5 Å². The fraction of sp³-hybridized carbons (Fsp3) is 0.294. The Bertz CT molecular complexity index is 1890. The summed E-state index contributed by atoms with van der Waals surface area (Å²) in [4.78, 5) is 18.0. The summed E-state index contributed by atoms with van der Waals surface area (Å²) in [6, 6.07) is 11.5. The third-order valence-electron chi connectivity index (χ3n) is 8.78. The molecule has 0 N–H and O–H groups in total. The van der Waals surface area contributed by atoms with Crippen LogP contribution in [0.15, 0.2) is 96.2 Å². The number of benzene rings is 3. The Labute approximate surface area is 280 Å². The van der Waals surface area contributed by atoms with E-state index in [1.807, 2.05) is 0 Å². The Hall–Kier alpha value is -4.44. The number of hydrogen-bond donors (Lipinski definition) is 0. The molecule has 0 spiro atoms. The number of aromatic nitrogens is 1. The van der Waals surface area contributed by atoms with Gasteiger partial charge in [-0.25, -0.2) is 21.6 Å². The highest BCUT2D eigenvalue weighted by molar-refractivity contribution is 7.92. The molecule has 1 aliphatic rings. The number of alkyl halides is 6. The quantitative estimate of drug-likeness (QED) is 0.131. The molecule has 1 amide bonds. The van der Waals surface area contributed by atoms with Gasteiger partial charge in [-0.3, -0.25) is 9.78 Å². The van der Waals surface area contributed by atoms with E-state index >= 15 is 0 Å². The monoisotopic (exact) mass is 730 g/mol. The van der Waals surface area contributed by atoms with Crippen molar-refractivity contribution in [1.82, 2.24) is 9.88 Å². The normalized spacial score (nSPS) is 15.6. The highest BCUT2D eigenvalue weighted by atomic mass is 32.2. The van der Waals surface area contributed by atoms with Gasteiger partial charge in [0.2, 0.25) is 5.91 Å². The van der Waals surface area contributed by atoms with Crippen LogP contribution >= 0.6 is 0 Å². The second-order valence-electron chi connectivity index (χ2n) is 11.6. The highest BCUT2D eigenvalue weighted by Crippen LogP contribution is 2.54. The predicted molar refractivity (Wildman–Crippen MR) is 160 cm³/mol. The molecule has 4 aromatic rings. The van der Waals surface area contributed by atoms with Gasteiger partial charge in [0, 0.05) is 36.6 Å². The Morgan fingerprint density at radius 2 is 1.32 bits per heavy atom. The summed E-state index contributed by atoms with van der Waals surface area (Å²) in [6.45, 7) is -2.07. The Balaban J connectivity index is 1.55. The van der Waals surface area contributed by atoms with E-state index in [2.05, 4.69) is 9.72 Å². The van der Waals surface area contributed by atoms with Crippen molar-refractivity contribution in [2.75, 3.05) is 13.1 Å².